The average molecular weight is 380 g/mol. The first kappa shape index (κ1) is 20.7. The number of aliphatic hydroxyl groups excluding tert-OH is 1. The maximum atomic E-state index is 13.0. The van der Waals surface area contributed by atoms with Crippen LogP contribution in [0.4, 0.5) is 0 Å². The number of allylic oxidation sites excluding steroid dienone is 1. The summed E-state index contributed by atoms with van der Waals surface area (Å²) in [4.78, 5) is 13.0. The number of nitrogens with one attached hydrogen (secondary N) is 1. The highest BCUT2D eigenvalue weighted by atomic mass is 16.7. The summed E-state index contributed by atoms with van der Waals surface area (Å²) >= 11 is 0. The van der Waals surface area contributed by atoms with Crippen molar-refractivity contribution in [2.75, 3.05) is 13.2 Å². The van der Waals surface area contributed by atoms with E-state index in [-0.39, 0.29) is 29.8 Å². The molecule has 0 aromatic carbocycles. The van der Waals surface area contributed by atoms with Gasteiger partial charge in [0.1, 0.15) is 0 Å². The van der Waals surface area contributed by atoms with Crippen molar-refractivity contribution >= 4 is 5.91 Å². The molecule has 1 amide bonds. The molecule has 2 aliphatic carbocycles. The second kappa shape index (κ2) is 8.52. The topological polar surface area (TPSA) is 67.8 Å². The lowest BCUT2D eigenvalue weighted by atomic mass is 9.70. The van der Waals surface area contributed by atoms with Crippen molar-refractivity contribution in [3.05, 3.63) is 11.8 Å². The van der Waals surface area contributed by atoms with Crippen LogP contribution >= 0.6 is 0 Å². The van der Waals surface area contributed by atoms with E-state index in [9.17, 15) is 9.90 Å². The molecule has 0 radical (unpaired) electrons. The van der Waals surface area contributed by atoms with Gasteiger partial charge in [-0.15, -0.1) is 0 Å². The van der Waals surface area contributed by atoms with Gasteiger partial charge in [0.2, 0.25) is 6.29 Å². The Balaban J connectivity index is 1.76. The van der Waals surface area contributed by atoms with Crippen LogP contribution in [0.3, 0.4) is 0 Å². The van der Waals surface area contributed by atoms with E-state index in [4.69, 9.17) is 9.47 Å². The van der Waals surface area contributed by atoms with Crippen LogP contribution in [0.5, 0.6) is 0 Å². The number of aliphatic hydroxyl groups is 1. The predicted octanol–water partition coefficient (Wildman–Crippen LogP) is 3.62. The van der Waals surface area contributed by atoms with E-state index in [0.29, 0.717) is 30.7 Å². The minimum Gasteiger partial charge on any atom is -0.459 e. The fourth-order valence-electron chi connectivity index (χ4n) is 5.35. The first-order chi connectivity index (χ1) is 12.8. The molecule has 3 rings (SSSR count). The summed E-state index contributed by atoms with van der Waals surface area (Å²) < 4.78 is 12.0. The number of rotatable bonds is 7. The number of carbonyl (C=O) groups is 1. The molecule has 2 fully saturated rings. The molecule has 2 saturated carbocycles. The average Bonchev–Trinajstić information content (AvgIpc) is 3.22. The Hall–Kier alpha value is -1.07. The minimum absolute atomic E-state index is 0.0167. The smallest absolute Gasteiger partial charge is 0.286 e. The molecule has 27 heavy (non-hydrogen) atoms. The van der Waals surface area contributed by atoms with Crippen molar-refractivity contribution in [1.29, 1.82) is 0 Å². The highest BCUT2D eigenvalue weighted by molar-refractivity contribution is 5.91. The number of ether oxygens (including phenoxy) is 2. The van der Waals surface area contributed by atoms with Gasteiger partial charge in [0.05, 0.1) is 0 Å². The number of hydrogen-bond acceptors (Lipinski definition) is 4. The van der Waals surface area contributed by atoms with Gasteiger partial charge in [-0.1, -0.05) is 27.2 Å². The van der Waals surface area contributed by atoms with Crippen molar-refractivity contribution in [2.24, 2.45) is 29.1 Å². The second-order valence-electron chi connectivity index (χ2n) is 9.65. The standard InChI is InChI=1S/C22H37NO4/c1-5-26-21-16(7-6-10-24)17(22(2,3)4)13-19(27-21)20(25)23-18-12-14-8-9-15(18)11-14/h13-18,21,24H,5-12H2,1-4H3,(H,23,25)/t14?,15?,16-,17+,18?,21-/m0/s1. The number of fused-ring (bicyclic) bond motifs is 2. The van der Waals surface area contributed by atoms with Gasteiger partial charge in [-0.3, -0.25) is 4.79 Å². The molecule has 0 spiro atoms. The van der Waals surface area contributed by atoms with Crippen molar-refractivity contribution in [2.45, 2.75) is 78.6 Å². The Morgan fingerprint density at radius 1 is 1.33 bits per heavy atom. The monoisotopic (exact) mass is 379 g/mol. The Kier molecular flexibility index (Phi) is 6.52. The largest absolute Gasteiger partial charge is 0.459 e. The third kappa shape index (κ3) is 4.68. The molecule has 6 atom stereocenters. The zero-order valence-corrected chi connectivity index (χ0v) is 17.4. The lowest BCUT2D eigenvalue weighted by Crippen LogP contribution is -2.45. The van der Waals surface area contributed by atoms with E-state index in [2.05, 4.69) is 26.1 Å². The van der Waals surface area contributed by atoms with Crippen molar-refractivity contribution in [3.63, 3.8) is 0 Å². The van der Waals surface area contributed by atoms with Crippen LogP contribution in [0, 0.1) is 29.1 Å². The molecule has 5 heteroatoms. The number of carbonyl (C=O) groups excluding carboxylic acids is 1. The Morgan fingerprint density at radius 2 is 2.11 bits per heavy atom. The summed E-state index contributed by atoms with van der Waals surface area (Å²) in [5, 5.41) is 12.5. The van der Waals surface area contributed by atoms with E-state index < -0.39 is 6.29 Å². The van der Waals surface area contributed by atoms with E-state index >= 15 is 0 Å². The molecule has 3 unspecified atom stereocenters. The quantitative estimate of drug-likeness (QED) is 0.709. The third-order valence-electron chi connectivity index (χ3n) is 6.69. The van der Waals surface area contributed by atoms with Gasteiger partial charge in [-0.2, -0.15) is 0 Å². The molecular formula is C22H37NO4. The lowest BCUT2D eigenvalue weighted by molar-refractivity contribution is -0.179. The van der Waals surface area contributed by atoms with Gasteiger partial charge in [0.15, 0.2) is 5.76 Å². The maximum Gasteiger partial charge on any atom is 0.286 e. The van der Waals surface area contributed by atoms with Crippen molar-refractivity contribution in [1.82, 2.24) is 5.32 Å². The highest BCUT2D eigenvalue weighted by Crippen LogP contribution is 2.45. The first-order valence-corrected chi connectivity index (χ1v) is 10.7. The van der Waals surface area contributed by atoms with Crippen molar-refractivity contribution < 1.29 is 19.4 Å². The molecule has 5 nitrogen and oxygen atoms in total. The summed E-state index contributed by atoms with van der Waals surface area (Å²) in [7, 11) is 0. The first-order valence-electron chi connectivity index (χ1n) is 10.7. The minimum atomic E-state index is -0.434. The summed E-state index contributed by atoms with van der Waals surface area (Å²) in [6.07, 6.45) is 8.05. The second-order valence-corrected chi connectivity index (χ2v) is 9.65. The Bertz CT molecular complexity index is 553. The SMILES string of the molecule is CCO[C@H]1OC(C(=O)NC2CC3CCC2C3)=C[C@@H](C(C)(C)C)[C@@H]1CCCO. The van der Waals surface area contributed by atoms with Gasteiger partial charge in [0.25, 0.3) is 5.91 Å². The Labute approximate surface area is 163 Å². The molecule has 0 aromatic rings. The molecular weight excluding hydrogens is 342 g/mol. The molecule has 3 aliphatic rings. The highest BCUT2D eigenvalue weighted by Gasteiger charge is 2.44. The van der Waals surface area contributed by atoms with Crippen LogP contribution < -0.4 is 5.32 Å². The zero-order valence-electron chi connectivity index (χ0n) is 17.4. The van der Waals surface area contributed by atoms with Crippen LogP contribution in [0.2, 0.25) is 0 Å². The number of hydrogen-bond donors (Lipinski definition) is 2. The normalized spacial score (nSPS) is 35.7. The van der Waals surface area contributed by atoms with E-state index in [1.165, 1.54) is 19.3 Å². The Morgan fingerprint density at radius 3 is 2.67 bits per heavy atom. The van der Waals surface area contributed by atoms with E-state index in [1.54, 1.807) is 0 Å². The zero-order chi connectivity index (χ0) is 19.6. The molecule has 1 heterocycles. The van der Waals surface area contributed by atoms with Crippen LogP contribution in [-0.4, -0.2) is 36.6 Å². The van der Waals surface area contributed by atoms with Gasteiger partial charge >= 0.3 is 0 Å². The van der Waals surface area contributed by atoms with Crippen LogP contribution in [0.25, 0.3) is 0 Å². The van der Waals surface area contributed by atoms with Gasteiger partial charge in [0, 0.05) is 25.2 Å². The van der Waals surface area contributed by atoms with E-state index in [1.807, 2.05) is 13.0 Å². The lowest BCUT2D eigenvalue weighted by Gasteiger charge is -2.42. The fraction of sp³-hybridized carbons (Fsp3) is 0.864. The van der Waals surface area contributed by atoms with Crippen LogP contribution in [0.1, 0.15) is 66.2 Å². The summed E-state index contributed by atoms with van der Waals surface area (Å²) in [5.41, 5.74) is -0.0167. The summed E-state index contributed by atoms with van der Waals surface area (Å²) in [6.45, 7) is 9.23. The van der Waals surface area contributed by atoms with Crippen molar-refractivity contribution in [3.8, 4) is 0 Å². The summed E-state index contributed by atoms with van der Waals surface area (Å²) in [5.74, 6) is 2.05. The molecule has 2 N–H and O–H groups in total. The van der Waals surface area contributed by atoms with E-state index in [0.717, 1.165) is 18.8 Å². The van der Waals surface area contributed by atoms with Crippen LogP contribution in [0.15, 0.2) is 11.8 Å². The molecule has 1 aliphatic heterocycles. The molecule has 0 aromatic heterocycles. The summed E-state index contributed by atoms with van der Waals surface area (Å²) in [6, 6.07) is 0.298. The number of amides is 1. The van der Waals surface area contributed by atoms with Gasteiger partial charge < -0.3 is 19.9 Å². The molecule has 154 valence electrons. The maximum absolute atomic E-state index is 13.0. The molecule has 0 saturated heterocycles. The third-order valence-corrected chi connectivity index (χ3v) is 6.69. The predicted molar refractivity (Wildman–Crippen MR) is 105 cm³/mol. The molecule has 2 bridgehead atoms. The van der Waals surface area contributed by atoms with Gasteiger partial charge in [-0.25, -0.2) is 0 Å². The fourth-order valence-corrected chi connectivity index (χ4v) is 5.35. The van der Waals surface area contributed by atoms with Crippen LogP contribution in [-0.2, 0) is 14.3 Å². The van der Waals surface area contributed by atoms with Gasteiger partial charge in [-0.05, 0) is 68.3 Å².